The second-order valence-electron chi connectivity index (χ2n) is 12.3. The van der Waals surface area contributed by atoms with E-state index in [1.807, 2.05) is 15.2 Å². The molecule has 6 aliphatic rings. The zero-order valence-corrected chi connectivity index (χ0v) is 25.7. The number of carbonyl (C=O) groups excluding carboxylic acids is 2. The first-order chi connectivity index (χ1) is 21.1. The molecule has 5 fully saturated rings. The molecule has 8 rings (SSSR count). The molecule has 11 nitrogen and oxygen atoms in total. The molecule has 2 bridgehead atoms. The third-order valence-corrected chi connectivity index (χ3v) is 10.9. The molecule has 2 aromatic rings. The van der Waals surface area contributed by atoms with Crippen LogP contribution in [0.2, 0.25) is 5.02 Å². The van der Waals surface area contributed by atoms with Crippen LogP contribution < -0.4 is 5.32 Å². The number of halogens is 2. The second kappa shape index (κ2) is 10.8. The second-order valence-corrected chi connectivity index (χ2v) is 13.6. The SMILES string of the molecule is CCOC(=O)C1=C(CN2CCN3C(=O)N(C45CCC(C(=O)O)(C4)C5)CC3C2)NC(c2nccs2)=NC1c1ccc(F)cc1Cl. The van der Waals surface area contributed by atoms with Gasteiger partial charge in [0.2, 0.25) is 0 Å². The molecule has 2 atom stereocenters. The minimum absolute atomic E-state index is 0.0121. The van der Waals surface area contributed by atoms with Crippen molar-refractivity contribution in [3.8, 4) is 0 Å². The van der Waals surface area contributed by atoms with E-state index in [2.05, 4.69) is 15.2 Å². The molecule has 232 valence electrons. The number of thiazole rings is 1. The highest BCUT2D eigenvalue weighted by Crippen LogP contribution is 2.64. The molecular formula is C30H32ClFN6O5S. The van der Waals surface area contributed by atoms with Crippen molar-refractivity contribution < 1.29 is 28.6 Å². The summed E-state index contributed by atoms with van der Waals surface area (Å²) >= 11 is 7.90. The van der Waals surface area contributed by atoms with Crippen molar-refractivity contribution >= 4 is 46.7 Å². The van der Waals surface area contributed by atoms with Crippen LogP contribution in [-0.2, 0) is 14.3 Å². The summed E-state index contributed by atoms with van der Waals surface area (Å²) in [4.78, 5) is 54.1. The number of fused-ring (bicyclic) bond motifs is 2. The summed E-state index contributed by atoms with van der Waals surface area (Å²) in [5, 5.41) is 15.7. The third-order valence-electron chi connectivity index (χ3n) is 9.76. The third kappa shape index (κ3) is 4.67. The molecule has 44 heavy (non-hydrogen) atoms. The Kier molecular flexibility index (Phi) is 7.17. The van der Waals surface area contributed by atoms with Crippen LogP contribution >= 0.6 is 22.9 Å². The van der Waals surface area contributed by atoms with E-state index in [1.54, 1.807) is 13.1 Å². The monoisotopic (exact) mass is 642 g/mol. The number of esters is 1. The Morgan fingerprint density at radius 3 is 2.75 bits per heavy atom. The average Bonchev–Trinajstić information content (AvgIpc) is 3.76. The zero-order valence-electron chi connectivity index (χ0n) is 24.1. The molecule has 3 saturated carbocycles. The molecule has 2 unspecified atom stereocenters. The Labute approximate surface area is 262 Å². The van der Waals surface area contributed by atoms with Gasteiger partial charge in [0, 0.05) is 66.1 Å². The van der Waals surface area contributed by atoms with Crippen LogP contribution in [-0.4, -0.2) is 99.5 Å². The summed E-state index contributed by atoms with van der Waals surface area (Å²) in [7, 11) is 0. The van der Waals surface area contributed by atoms with Gasteiger partial charge in [0.25, 0.3) is 0 Å². The normalized spacial score (nSPS) is 29.7. The van der Waals surface area contributed by atoms with Gasteiger partial charge >= 0.3 is 18.0 Å². The van der Waals surface area contributed by atoms with E-state index in [4.69, 9.17) is 21.3 Å². The van der Waals surface area contributed by atoms with E-state index >= 15 is 0 Å². The number of piperazine rings is 1. The van der Waals surface area contributed by atoms with Gasteiger partial charge in [0.1, 0.15) is 11.9 Å². The first-order valence-corrected chi connectivity index (χ1v) is 16.0. The van der Waals surface area contributed by atoms with Crippen molar-refractivity contribution in [3.63, 3.8) is 0 Å². The lowest BCUT2D eigenvalue weighted by Crippen LogP contribution is -2.59. The van der Waals surface area contributed by atoms with Gasteiger partial charge in [-0.2, -0.15) is 0 Å². The van der Waals surface area contributed by atoms with Crippen LogP contribution in [0.25, 0.3) is 0 Å². The Bertz CT molecular complexity index is 1590. The number of urea groups is 1. The number of nitrogens with zero attached hydrogens (tertiary/aromatic N) is 5. The largest absolute Gasteiger partial charge is 0.481 e. The molecule has 1 aromatic carbocycles. The number of amides is 2. The van der Waals surface area contributed by atoms with Crippen LogP contribution in [0.5, 0.6) is 0 Å². The highest BCUT2D eigenvalue weighted by atomic mass is 35.5. The molecule has 3 aliphatic heterocycles. The van der Waals surface area contributed by atoms with Crippen LogP contribution in [0.15, 0.2) is 46.0 Å². The number of ether oxygens (including phenoxy) is 1. The van der Waals surface area contributed by atoms with E-state index < -0.39 is 29.2 Å². The molecule has 3 aliphatic carbocycles. The van der Waals surface area contributed by atoms with Crippen molar-refractivity contribution in [2.24, 2.45) is 10.4 Å². The molecule has 1 aromatic heterocycles. The molecular weight excluding hydrogens is 611 g/mol. The lowest BCUT2D eigenvalue weighted by Gasteiger charge is -2.49. The number of aliphatic imine (C=N–C) groups is 1. The number of hydrogen-bond donors (Lipinski definition) is 2. The molecule has 2 amide bonds. The Balaban J connectivity index is 1.17. The van der Waals surface area contributed by atoms with Gasteiger partial charge in [0.15, 0.2) is 10.8 Å². The number of amidine groups is 1. The number of benzene rings is 1. The maximum atomic E-state index is 14.0. The minimum atomic E-state index is -0.850. The number of carboxylic acid groups (broad SMARTS) is 1. The molecule has 4 heterocycles. The van der Waals surface area contributed by atoms with Crippen molar-refractivity contribution in [2.75, 3.05) is 39.3 Å². The molecule has 14 heteroatoms. The average molecular weight is 643 g/mol. The van der Waals surface area contributed by atoms with Crippen LogP contribution in [0.4, 0.5) is 9.18 Å². The summed E-state index contributed by atoms with van der Waals surface area (Å²) < 4.78 is 19.5. The lowest BCUT2D eigenvalue weighted by atomic mass is 9.64. The van der Waals surface area contributed by atoms with Crippen molar-refractivity contribution in [2.45, 2.75) is 50.2 Å². The van der Waals surface area contributed by atoms with Gasteiger partial charge < -0.3 is 25.0 Å². The van der Waals surface area contributed by atoms with Crippen LogP contribution in [0.3, 0.4) is 0 Å². The minimum Gasteiger partial charge on any atom is -0.481 e. The fraction of sp³-hybridized carbons (Fsp3) is 0.500. The zero-order chi connectivity index (χ0) is 30.8. The fourth-order valence-electron chi connectivity index (χ4n) is 7.72. The van der Waals surface area contributed by atoms with E-state index in [-0.39, 0.29) is 34.8 Å². The first kappa shape index (κ1) is 29.2. The predicted molar refractivity (Wildman–Crippen MR) is 160 cm³/mol. The standard InChI is InChI=1S/C30H32ClFN6O5S/c1-2-43-26(39)22-21(34-24(25-33-7-10-44-25)35-23(22)19-4-3-17(32)11-20(19)31)14-36-8-9-37-18(12-36)13-38(28(37)42)30-6-5-29(15-30,16-30)27(40)41/h3-4,7,10-11,18,23H,2,5-6,8-9,12-16H2,1H3,(H,34,35)(H,40,41). The summed E-state index contributed by atoms with van der Waals surface area (Å²) in [6, 6.07) is 3.11. The first-order valence-electron chi connectivity index (χ1n) is 14.8. The summed E-state index contributed by atoms with van der Waals surface area (Å²) in [5.41, 5.74) is 0.307. The number of aliphatic carboxylic acids is 1. The Morgan fingerprint density at radius 2 is 2.07 bits per heavy atom. The van der Waals surface area contributed by atoms with E-state index in [9.17, 15) is 23.9 Å². The number of hydrogen-bond acceptors (Lipinski definition) is 9. The summed E-state index contributed by atoms with van der Waals surface area (Å²) in [6.45, 7) is 4.45. The molecule has 0 radical (unpaired) electrons. The van der Waals surface area contributed by atoms with Gasteiger partial charge in [-0.1, -0.05) is 17.7 Å². The number of carbonyl (C=O) groups is 3. The van der Waals surface area contributed by atoms with Gasteiger partial charge in [-0.05, 0) is 44.7 Å². The fourth-order valence-corrected chi connectivity index (χ4v) is 8.58. The highest BCUT2D eigenvalue weighted by Gasteiger charge is 2.69. The maximum absolute atomic E-state index is 14.0. The van der Waals surface area contributed by atoms with Gasteiger partial charge in [-0.25, -0.2) is 19.0 Å². The van der Waals surface area contributed by atoms with Crippen molar-refractivity contribution in [1.82, 2.24) is 25.0 Å². The number of carboxylic acids is 1. The number of aromatic nitrogens is 1. The summed E-state index contributed by atoms with van der Waals surface area (Å²) in [5.74, 6) is -1.32. The smallest absolute Gasteiger partial charge is 0.338 e. The van der Waals surface area contributed by atoms with E-state index in [1.165, 1.54) is 29.5 Å². The number of rotatable bonds is 8. The maximum Gasteiger partial charge on any atom is 0.338 e. The lowest BCUT2D eigenvalue weighted by molar-refractivity contribution is -0.157. The van der Waals surface area contributed by atoms with Gasteiger partial charge in [-0.3, -0.25) is 14.7 Å². The van der Waals surface area contributed by atoms with Crippen LogP contribution in [0, 0.1) is 11.2 Å². The van der Waals surface area contributed by atoms with Crippen LogP contribution in [0.1, 0.15) is 49.2 Å². The van der Waals surface area contributed by atoms with E-state index in [0.717, 1.165) is 6.42 Å². The molecule has 2 saturated heterocycles. The van der Waals surface area contributed by atoms with Gasteiger partial charge in [-0.15, -0.1) is 11.3 Å². The van der Waals surface area contributed by atoms with Crippen molar-refractivity contribution in [1.29, 1.82) is 0 Å². The molecule has 2 N–H and O–H groups in total. The summed E-state index contributed by atoms with van der Waals surface area (Å²) in [6.07, 6.45) is 4.06. The Hall–Kier alpha value is -3.55. The topological polar surface area (TPSA) is 128 Å². The number of nitrogens with one attached hydrogen (secondary N) is 1. The highest BCUT2D eigenvalue weighted by molar-refractivity contribution is 7.11. The Morgan fingerprint density at radius 1 is 1.25 bits per heavy atom. The van der Waals surface area contributed by atoms with Gasteiger partial charge in [0.05, 0.1) is 23.6 Å². The quantitative estimate of drug-likeness (QED) is 0.418. The van der Waals surface area contributed by atoms with E-state index in [0.29, 0.717) is 74.1 Å². The van der Waals surface area contributed by atoms with Crippen molar-refractivity contribution in [3.05, 3.63) is 62.5 Å². The molecule has 0 spiro atoms. The predicted octanol–water partition coefficient (Wildman–Crippen LogP) is 3.66.